The van der Waals surface area contributed by atoms with E-state index < -0.39 is 17.7 Å². The van der Waals surface area contributed by atoms with Crippen molar-refractivity contribution in [2.24, 2.45) is 0 Å². The number of rotatable bonds is 2. The van der Waals surface area contributed by atoms with E-state index in [1.54, 1.807) is 0 Å². The minimum Gasteiger partial charge on any atom is -0.308 e. The van der Waals surface area contributed by atoms with E-state index in [0.717, 1.165) is 12.1 Å². The molecule has 0 unspecified atom stereocenters. The lowest BCUT2D eigenvalue weighted by Crippen LogP contribution is -2.19. The van der Waals surface area contributed by atoms with E-state index in [2.05, 4.69) is 10.6 Å². The summed E-state index contributed by atoms with van der Waals surface area (Å²) < 4.78 is 25.9. The van der Waals surface area contributed by atoms with Gasteiger partial charge in [0.2, 0.25) is 0 Å². The molecule has 0 aliphatic carbocycles. The zero-order chi connectivity index (χ0) is 14.7. The number of urea groups is 1. The van der Waals surface area contributed by atoms with Crippen LogP contribution in [-0.4, -0.2) is 6.03 Å². The highest BCUT2D eigenvalue weighted by Crippen LogP contribution is 2.22. The maximum Gasteiger partial charge on any atom is 0.323 e. The predicted molar refractivity (Wildman–Crippen MR) is 75.5 cm³/mol. The minimum atomic E-state index is -0.786. The molecule has 0 bridgehead atoms. The van der Waals surface area contributed by atoms with Crippen LogP contribution < -0.4 is 10.6 Å². The molecule has 104 valence electrons. The third-order valence-corrected chi connectivity index (χ3v) is 2.68. The van der Waals surface area contributed by atoms with Crippen LogP contribution in [0.3, 0.4) is 0 Å². The van der Waals surface area contributed by atoms with Gasteiger partial charge in [0.1, 0.15) is 11.6 Å². The first-order chi connectivity index (χ1) is 9.42. The van der Waals surface area contributed by atoms with Crippen LogP contribution in [0.1, 0.15) is 0 Å². The molecule has 2 N–H and O–H groups in total. The Morgan fingerprint density at radius 3 is 1.75 bits per heavy atom. The lowest BCUT2D eigenvalue weighted by molar-refractivity contribution is 0.262. The molecule has 2 aromatic carbocycles. The molecule has 0 radical (unpaired) electrons. The van der Waals surface area contributed by atoms with E-state index in [0.29, 0.717) is 21.8 Å². The molecule has 0 atom stereocenters. The Bertz CT molecular complexity index is 569. The molecule has 0 aliphatic heterocycles. The topological polar surface area (TPSA) is 41.1 Å². The second-order valence-corrected chi connectivity index (χ2v) is 4.77. The first-order valence-corrected chi connectivity index (χ1v) is 6.18. The third-order valence-electron chi connectivity index (χ3n) is 2.24. The lowest BCUT2D eigenvalue weighted by Gasteiger charge is -2.08. The fourth-order valence-corrected chi connectivity index (χ4v) is 2.07. The highest BCUT2D eigenvalue weighted by Gasteiger charge is 2.06. The number of hydrogen-bond acceptors (Lipinski definition) is 1. The molecule has 0 fully saturated rings. The van der Waals surface area contributed by atoms with Crippen molar-refractivity contribution < 1.29 is 13.6 Å². The summed E-state index contributed by atoms with van der Waals surface area (Å²) in [4.78, 5) is 11.7. The predicted octanol–water partition coefficient (Wildman–Crippen LogP) is 4.92. The van der Waals surface area contributed by atoms with Crippen molar-refractivity contribution in [1.82, 2.24) is 0 Å². The van der Waals surface area contributed by atoms with Gasteiger partial charge in [-0.3, -0.25) is 0 Å². The fourth-order valence-electron chi connectivity index (χ4n) is 1.55. The quantitative estimate of drug-likeness (QED) is 0.811. The first-order valence-electron chi connectivity index (χ1n) is 5.42. The maximum absolute atomic E-state index is 13.0. The first kappa shape index (κ1) is 14.6. The van der Waals surface area contributed by atoms with Crippen molar-refractivity contribution in [2.75, 3.05) is 10.6 Å². The maximum atomic E-state index is 13.0. The van der Waals surface area contributed by atoms with Crippen LogP contribution in [0.25, 0.3) is 0 Å². The van der Waals surface area contributed by atoms with Gasteiger partial charge >= 0.3 is 6.03 Å². The molecule has 0 spiro atoms. The van der Waals surface area contributed by atoms with Gasteiger partial charge in [0.15, 0.2) is 0 Å². The van der Waals surface area contributed by atoms with Crippen molar-refractivity contribution >= 4 is 40.6 Å². The molecule has 2 aromatic rings. The zero-order valence-electron chi connectivity index (χ0n) is 9.88. The summed E-state index contributed by atoms with van der Waals surface area (Å²) in [6.45, 7) is 0. The molecular weight excluding hydrogens is 309 g/mol. The zero-order valence-corrected chi connectivity index (χ0v) is 11.4. The Morgan fingerprint density at radius 1 is 0.800 bits per heavy atom. The van der Waals surface area contributed by atoms with Gasteiger partial charge in [0.05, 0.1) is 0 Å². The number of anilines is 2. The Morgan fingerprint density at radius 2 is 1.25 bits per heavy atom. The summed E-state index contributed by atoms with van der Waals surface area (Å²) in [5.74, 6) is -1.57. The SMILES string of the molecule is O=C(Nc1cc(F)cc(F)c1)Nc1cc(Cl)cc(Cl)c1. The normalized spacial score (nSPS) is 10.2. The summed E-state index contributed by atoms with van der Waals surface area (Å²) in [6.07, 6.45) is 0. The monoisotopic (exact) mass is 316 g/mol. The van der Waals surface area contributed by atoms with Gasteiger partial charge < -0.3 is 10.6 Å². The Kier molecular flexibility index (Phi) is 4.42. The highest BCUT2D eigenvalue weighted by atomic mass is 35.5. The van der Waals surface area contributed by atoms with Crippen molar-refractivity contribution in [2.45, 2.75) is 0 Å². The lowest BCUT2D eigenvalue weighted by atomic mass is 10.3. The number of carbonyl (C=O) groups excluding carboxylic acids is 1. The molecule has 2 amide bonds. The third kappa shape index (κ3) is 4.08. The number of nitrogens with one attached hydrogen (secondary N) is 2. The van der Waals surface area contributed by atoms with E-state index in [4.69, 9.17) is 23.2 Å². The summed E-state index contributed by atoms with van der Waals surface area (Å²) in [5.41, 5.74) is 0.352. The Balaban J connectivity index is 2.08. The number of amides is 2. The average Bonchev–Trinajstić information content (AvgIpc) is 2.24. The summed E-state index contributed by atoms with van der Waals surface area (Å²) >= 11 is 11.6. The number of halogens is 4. The standard InChI is InChI=1S/C13H8Cl2F2N2O/c14-7-1-8(15)3-11(2-7)18-13(20)19-12-5-9(16)4-10(17)6-12/h1-6H,(H2,18,19,20). The molecule has 0 saturated heterocycles. The average molecular weight is 317 g/mol. The van der Waals surface area contributed by atoms with Gasteiger partial charge in [-0.05, 0) is 30.3 Å². The molecule has 0 saturated carbocycles. The van der Waals surface area contributed by atoms with Crippen LogP contribution >= 0.6 is 23.2 Å². The molecule has 0 aromatic heterocycles. The smallest absolute Gasteiger partial charge is 0.308 e. The van der Waals surface area contributed by atoms with E-state index >= 15 is 0 Å². The number of benzene rings is 2. The van der Waals surface area contributed by atoms with Crippen LogP contribution in [0, 0.1) is 11.6 Å². The largest absolute Gasteiger partial charge is 0.323 e. The number of hydrogen-bond donors (Lipinski definition) is 2. The highest BCUT2D eigenvalue weighted by molar-refractivity contribution is 6.35. The summed E-state index contributed by atoms with van der Waals surface area (Å²) in [7, 11) is 0. The van der Waals surface area contributed by atoms with Crippen LogP contribution in [-0.2, 0) is 0 Å². The molecule has 3 nitrogen and oxygen atoms in total. The van der Waals surface area contributed by atoms with Gasteiger partial charge in [0.25, 0.3) is 0 Å². The van der Waals surface area contributed by atoms with Crippen LogP contribution in [0.5, 0.6) is 0 Å². The van der Waals surface area contributed by atoms with Gasteiger partial charge in [-0.2, -0.15) is 0 Å². The Labute approximate surface area is 123 Å². The second kappa shape index (κ2) is 6.07. The summed E-state index contributed by atoms with van der Waals surface area (Å²) in [6, 6.07) is 6.50. The van der Waals surface area contributed by atoms with Gasteiger partial charge in [-0.15, -0.1) is 0 Å². The van der Waals surface area contributed by atoms with Gasteiger partial charge in [-0.1, -0.05) is 23.2 Å². The van der Waals surface area contributed by atoms with Gasteiger partial charge in [-0.25, -0.2) is 13.6 Å². The molecule has 2 rings (SSSR count). The number of carbonyl (C=O) groups is 1. The summed E-state index contributed by atoms with van der Waals surface area (Å²) in [5, 5.41) is 5.44. The van der Waals surface area contributed by atoms with E-state index in [-0.39, 0.29) is 5.69 Å². The fraction of sp³-hybridized carbons (Fsp3) is 0. The molecular formula is C13H8Cl2F2N2O. The second-order valence-electron chi connectivity index (χ2n) is 3.90. The van der Waals surface area contributed by atoms with Crippen molar-refractivity contribution in [3.05, 3.63) is 58.1 Å². The molecule has 7 heteroatoms. The minimum absolute atomic E-state index is 0.00637. The Hall–Kier alpha value is -1.85. The van der Waals surface area contributed by atoms with Crippen molar-refractivity contribution in [3.8, 4) is 0 Å². The van der Waals surface area contributed by atoms with E-state index in [1.807, 2.05) is 0 Å². The molecule has 0 aliphatic rings. The van der Waals surface area contributed by atoms with E-state index in [1.165, 1.54) is 18.2 Å². The van der Waals surface area contributed by atoms with Crippen molar-refractivity contribution in [3.63, 3.8) is 0 Å². The molecule has 0 heterocycles. The van der Waals surface area contributed by atoms with Gasteiger partial charge in [0, 0.05) is 27.5 Å². The van der Waals surface area contributed by atoms with E-state index in [9.17, 15) is 13.6 Å². The van der Waals surface area contributed by atoms with Crippen molar-refractivity contribution in [1.29, 1.82) is 0 Å². The molecule has 20 heavy (non-hydrogen) atoms. The van der Waals surface area contributed by atoms with Crippen LogP contribution in [0.15, 0.2) is 36.4 Å². The van der Waals surface area contributed by atoms with Crippen LogP contribution in [0.2, 0.25) is 10.0 Å². The van der Waals surface area contributed by atoms with Crippen LogP contribution in [0.4, 0.5) is 25.0 Å².